The van der Waals surface area contributed by atoms with Crippen LogP contribution in [0.15, 0.2) is 42.9 Å². The number of benzene rings is 1. The average molecular weight is 472 g/mol. The van der Waals surface area contributed by atoms with Gasteiger partial charge in [-0.3, -0.25) is 9.48 Å². The molecule has 1 saturated heterocycles. The van der Waals surface area contributed by atoms with Crippen molar-refractivity contribution in [2.75, 3.05) is 25.0 Å². The third kappa shape index (κ3) is 5.11. The molecule has 1 aromatic carbocycles. The number of hydrogen-bond acceptors (Lipinski definition) is 7. The monoisotopic (exact) mass is 471 g/mol. The fourth-order valence-electron chi connectivity index (χ4n) is 4.34. The summed E-state index contributed by atoms with van der Waals surface area (Å²) in [5.41, 5.74) is 3.31. The second-order valence-electron chi connectivity index (χ2n) is 9.50. The number of ether oxygens (including phenoxy) is 1. The van der Waals surface area contributed by atoms with E-state index in [0.717, 1.165) is 67.0 Å². The lowest BCUT2D eigenvalue weighted by atomic mass is 10.1. The van der Waals surface area contributed by atoms with Crippen LogP contribution in [0.1, 0.15) is 44.2 Å². The zero-order chi connectivity index (χ0) is 24.4. The molecule has 3 heterocycles. The van der Waals surface area contributed by atoms with Crippen molar-refractivity contribution in [1.29, 1.82) is 5.26 Å². The van der Waals surface area contributed by atoms with E-state index in [1.807, 2.05) is 47.0 Å². The van der Waals surface area contributed by atoms with Gasteiger partial charge in [0.25, 0.3) is 0 Å². The lowest BCUT2D eigenvalue weighted by Crippen LogP contribution is -2.37. The van der Waals surface area contributed by atoms with Crippen LogP contribution in [0.5, 0.6) is 5.75 Å². The van der Waals surface area contributed by atoms with Crippen LogP contribution in [0.4, 0.5) is 11.6 Å². The Kier molecular flexibility index (Phi) is 6.12. The standard InChI is InChI=1S/C26H29N7O2/c1-18-13-28-25(30-21-14-29-33(15-21)22-7-11-32(12-8-22)19(2)34)31-24(18)20-3-5-23(6-4-20)35-17-26(16-27)9-10-26/h3-6,13-15,22H,7-12,17H2,1-2H3,(H,28,30,31). The van der Waals surface area contributed by atoms with E-state index in [-0.39, 0.29) is 17.4 Å². The van der Waals surface area contributed by atoms with Crippen LogP contribution < -0.4 is 10.1 Å². The molecule has 2 aromatic heterocycles. The highest BCUT2D eigenvalue weighted by atomic mass is 16.5. The molecule has 5 rings (SSSR count). The van der Waals surface area contributed by atoms with Crippen LogP contribution >= 0.6 is 0 Å². The van der Waals surface area contributed by atoms with E-state index in [9.17, 15) is 10.1 Å². The van der Waals surface area contributed by atoms with Crippen molar-refractivity contribution in [3.8, 4) is 23.1 Å². The van der Waals surface area contributed by atoms with Crippen molar-refractivity contribution >= 4 is 17.5 Å². The lowest BCUT2D eigenvalue weighted by molar-refractivity contribution is -0.130. The van der Waals surface area contributed by atoms with Gasteiger partial charge in [0.15, 0.2) is 0 Å². The molecular formula is C26H29N7O2. The van der Waals surface area contributed by atoms with E-state index in [1.165, 1.54) is 0 Å². The highest BCUT2D eigenvalue weighted by Crippen LogP contribution is 2.45. The van der Waals surface area contributed by atoms with Crippen molar-refractivity contribution in [3.63, 3.8) is 0 Å². The number of likely N-dealkylation sites (tertiary alicyclic amines) is 1. The number of piperidine rings is 1. The Hall–Kier alpha value is -3.93. The van der Waals surface area contributed by atoms with Crippen molar-refractivity contribution in [2.45, 2.75) is 45.6 Å². The quantitative estimate of drug-likeness (QED) is 0.548. The molecule has 0 bridgehead atoms. The minimum atomic E-state index is -0.290. The SMILES string of the molecule is CC(=O)N1CCC(n2cc(Nc3ncc(C)c(-c4ccc(OCC5(C#N)CC5)cc4)n3)cn2)CC1. The van der Waals surface area contributed by atoms with Gasteiger partial charge in [0, 0.05) is 38.0 Å². The molecule has 2 fully saturated rings. The zero-order valence-corrected chi connectivity index (χ0v) is 20.1. The number of carbonyl (C=O) groups is 1. The predicted octanol–water partition coefficient (Wildman–Crippen LogP) is 4.26. The summed E-state index contributed by atoms with van der Waals surface area (Å²) < 4.78 is 7.79. The summed E-state index contributed by atoms with van der Waals surface area (Å²) >= 11 is 0. The van der Waals surface area contributed by atoms with Gasteiger partial charge in [0.2, 0.25) is 11.9 Å². The fourth-order valence-corrected chi connectivity index (χ4v) is 4.34. The summed E-state index contributed by atoms with van der Waals surface area (Å²) in [6.07, 6.45) is 9.16. The van der Waals surface area contributed by atoms with Gasteiger partial charge in [-0.25, -0.2) is 9.97 Å². The fraction of sp³-hybridized carbons (Fsp3) is 0.423. The minimum Gasteiger partial charge on any atom is -0.492 e. The maximum absolute atomic E-state index is 11.6. The Morgan fingerprint density at radius 1 is 1.23 bits per heavy atom. The normalized spacial score (nSPS) is 17.0. The van der Waals surface area contributed by atoms with E-state index in [2.05, 4.69) is 21.5 Å². The maximum atomic E-state index is 11.6. The molecule has 0 atom stereocenters. The molecule has 0 unspecified atom stereocenters. The van der Waals surface area contributed by atoms with E-state index >= 15 is 0 Å². The molecule has 3 aromatic rings. The van der Waals surface area contributed by atoms with Crippen molar-refractivity contribution in [3.05, 3.63) is 48.4 Å². The highest BCUT2D eigenvalue weighted by molar-refractivity contribution is 5.73. The van der Waals surface area contributed by atoms with E-state index < -0.39 is 0 Å². The number of hydrogen-bond donors (Lipinski definition) is 1. The Morgan fingerprint density at radius 3 is 2.63 bits per heavy atom. The molecule has 1 amide bonds. The number of aryl methyl sites for hydroxylation is 1. The van der Waals surface area contributed by atoms with Crippen LogP contribution in [0.3, 0.4) is 0 Å². The number of nitrogens with one attached hydrogen (secondary N) is 1. The first-order chi connectivity index (χ1) is 16.9. The Labute approximate surface area is 204 Å². The number of nitriles is 1. The van der Waals surface area contributed by atoms with Crippen molar-refractivity contribution in [1.82, 2.24) is 24.6 Å². The maximum Gasteiger partial charge on any atom is 0.227 e. The van der Waals surface area contributed by atoms with Crippen molar-refractivity contribution < 1.29 is 9.53 Å². The number of rotatable bonds is 7. The van der Waals surface area contributed by atoms with Gasteiger partial charge in [-0.05, 0) is 62.4 Å². The third-order valence-electron chi connectivity index (χ3n) is 6.85. The number of carbonyl (C=O) groups excluding carboxylic acids is 1. The summed E-state index contributed by atoms with van der Waals surface area (Å²) in [4.78, 5) is 22.6. The smallest absolute Gasteiger partial charge is 0.227 e. The molecule has 9 heteroatoms. The molecular weight excluding hydrogens is 442 g/mol. The first kappa shape index (κ1) is 22.8. The van der Waals surface area contributed by atoms with E-state index in [0.29, 0.717) is 12.6 Å². The molecule has 0 spiro atoms. The Balaban J connectivity index is 1.24. The summed E-state index contributed by atoms with van der Waals surface area (Å²) in [6, 6.07) is 10.4. The summed E-state index contributed by atoms with van der Waals surface area (Å²) in [5.74, 6) is 1.38. The second kappa shape index (κ2) is 9.37. The number of nitrogens with zero attached hydrogens (tertiary/aromatic N) is 6. The molecule has 1 aliphatic heterocycles. The highest BCUT2D eigenvalue weighted by Gasteiger charge is 2.44. The third-order valence-corrected chi connectivity index (χ3v) is 6.85. The Bertz CT molecular complexity index is 1250. The topological polar surface area (TPSA) is 109 Å². The Morgan fingerprint density at radius 2 is 1.97 bits per heavy atom. The van der Waals surface area contributed by atoms with E-state index in [1.54, 1.807) is 19.3 Å². The molecule has 2 aliphatic rings. The summed E-state index contributed by atoms with van der Waals surface area (Å²) in [6.45, 7) is 5.56. The zero-order valence-electron chi connectivity index (χ0n) is 20.1. The van der Waals surface area contributed by atoms with Gasteiger partial charge in [-0.2, -0.15) is 10.4 Å². The van der Waals surface area contributed by atoms with Gasteiger partial charge in [-0.1, -0.05) is 0 Å². The lowest BCUT2D eigenvalue weighted by Gasteiger charge is -2.31. The molecule has 0 radical (unpaired) electrons. The van der Waals surface area contributed by atoms with E-state index in [4.69, 9.17) is 9.72 Å². The van der Waals surface area contributed by atoms with Gasteiger partial charge in [0.05, 0.1) is 35.1 Å². The first-order valence-corrected chi connectivity index (χ1v) is 12.0. The van der Waals surface area contributed by atoms with Crippen LogP contribution in [-0.2, 0) is 4.79 Å². The van der Waals surface area contributed by atoms with Crippen LogP contribution in [0.25, 0.3) is 11.3 Å². The predicted molar refractivity (Wildman–Crippen MR) is 131 cm³/mol. The summed E-state index contributed by atoms with van der Waals surface area (Å²) in [7, 11) is 0. The van der Waals surface area contributed by atoms with Crippen LogP contribution in [0.2, 0.25) is 0 Å². The first-order valence-electron chi connectivity index (χ1n) is 12.0. The molecule has 1 saturated carbocycles. The second-order valence-corrected chi connectivity index (χ2v) is 9.50. The molecule has 35 heavy (non-hydrogen) atoms. The summed E-state index contributed by atoms with van der Waals surface area (Å²) in [5, 5.41) is 17.0. The number of anilines is 2. The van der Waals surface area contributed by atoms with Crippen LogP contribution in [-0.4, -0.2) is 50.3 Å². The van der Waals surface area contributed by atoms with Gasteiger partial charge in [0.1, 0.15) is 12.4 Å². The molecule has 180 valence electrons. The number of amides is 1. The number of aromatic nitrogens is 4. The van der Waals surface area contributed by atoms with Gasteiger partial charge >= 0.3 is 0 Å². The molecule has 1 N–H and O–H groups in total. The van der Waals surface area contributed by atoms with Gasteiger partial charge < -0.3 is 15.0 Å². The van der Waals surface area contributed by atoms with Gasteiger partial charge in [-0.15, -0.1) is 0 Å². The average Bonchev–Trinajstić information content (AvgIpc) is 3.53. The minimum absolute atomic E-state index is 0.131. The van der Waals surface area contributed by atoms with Crippen LogP contribution in [0, 0.1) is 23.7 Å². The van der Waals surface area contributed by atoms with Crippen molar-refractivity contribution in [2.24, 2.45) is 5.41 Å². The molecule has 1 aliphatic carbocycles. The molecule has 9 nitrogen and oxygen atoms in total. The largest absolute Gasteiger partial charge is 0.492 e.